The Bertz CT molecular complexity index is 1710. The first kappa shape index (κ1) is 54.5. The van der Waals surface area contributed by atoms with Gasteiger partial charge in [-0.05, 0) is 75.8 Å². The van der Waals surface area contributed by atoms with Crippen LogP contribution in [0.2, 0.25) is 10.1 Å². The monoisotopic (exact) mass is 919 g/mol. The Morgan fingerprint density at radius 1 is 0.400 bits per heavy atom. The normalized spacial score (nSPS) is 13.2. The number of hydrogen-bond donors (Lipinski definition) is 0. The van der Waals surface area contributed by atoms with E-state index in [9.17, 15) is 0 Å². The summed E-state index contributed by atoms with van der Waals surface area (Å²) in [5, 5.41) is 5.14. The summed E-state index contributed by atoms with van der Waals surface area (Å²) in [7, 11) is -5.28. The highest BCUT2D eigenvalue weighted by Gasteiger charge is 2.52. The number of ether oxygens (including phenoxy) is 2. The third-order valence-electron chi connectivity index (χ3n) is 13.1. The van der Waals surface area contributed by atoms with Crippen molar-refractivity contribution in [2.45, 2.75) is 180 Å². The van der Waals surface area contributed by atoms with Gasteiger partial charge in [0, 0.05) is 19.8 Å². The summed E-state index contributed by atoms with van der Waals surface area (Å²) >= 11 is 0. The number of benzene rings is 4. The smallest absolute Gasteiger partial charge is 0.261 e. The highest BCUT2D eigenvalue weighted by molar-refractivity contribution is 7.00. The molecular weight excluding hydrogens is 829 g/mol. The third kappa shape index (κ3) is 17.8. The van der Waals surface area contributed by atoms with Crippen molar-refractivity contribution in [1.29, 1.82) is 0 Å². The Morgan fingerprint density at radius 2 is 0.723 bits per heavy atom. The van der Waals surface area contributed by atoms with Crippen LogP contribution in [-0.2, 0) is 18.3 Å². The molecule has 0 radical (unpaired) electrons. The molecule has 0 heterocycles. The summed E-state index contributed by atoms with van der Waals surface area (Å²) < 4.78 is 27.7. The second-order valence-corrected chi connectivity index (χ2v) is 29.0. The zero-order chi connectivity index (χ0) is 46.5. The van der Waals surface area contributed by atoms with E-state index < -0.39 is 16.6 Å². The topological polar surface area (TPSA) is 36.9 Å². The lowest BCUT2D eigenvalue weighted by molar-refractivity contribution is -0.0122. The van der Waals surface area contributed by atoms with Crippen molar-refractivity contribution in [3.05, 3.63) is 133 Å². The van der Waals surface area contributed by atoms with Crippen molar-refractivity contribution < 1.29 is 18.3 Å². The number of unbranched alkanes of at least 4 members (excludes halogenated alkanes) is 15. The first-order valence-electron chi connectivity index (χ1n) is 25.9. The van der Waals surface area contributed by atoms with Crippen molar-refractivity contribution in [3.63, 3.8) is 0 Å². The van der Waals surface area contributed by atoms with E-state index in [1.165, 1.54) is 104 Å². The summed E-state index contributed by atoms with van der Waals surface area (Å²) in [5.41, 5.74) is 0. The van der Waals surface area contributed by atoms with E-state index >= 15 is 0 Å². The van der Waals surface area contributed by atoms with Crippen LogP contribution in [0, 0.1) is 0 Å². The van der Waals surface area contributed by atoms with Crippen molar-refractivity contribution in [2.75, 3.05) is 33.0 Å². The molecule has 4 aromatic rings. The number of allylic oxidation sites excluding steroid dienone is 2. The molecule has 358 valence electrons. The maximum atomic E-state index is 7.57. The molecule has 0 aliphatic heterocycles. The van der Waals surface area contributed by atoms with Crippen LogP contribution >= 0.6 is 0 Å². The van der Waals surface area contributed by atoms with Crippen LogP contribution in [0.3, 0.4) is 0 Å². The molecule has 6 heteroatoms. The molecule has 4 nitrogen and oxygen atoms in total. The van der Waals surface area contributed by atoms with Gasteiger partial charge in [0.25, 0.3) is 16.6 Å². The summed E-state index contributed by atoms with van der Waals surface area (Å²) in [5.74, 6) is 0. The lowest BCUT2D eigenvalue weighted by Crippen LogP contribution is -2.68. The zero-order valence-corrected chi connectivity index (χ0v) is 44.2. The van der Waals surface area contributed by atoms with Crippen molar-refractivity contribution in [1.82, 2.24) is 0 Å². The molecule has 0 aliphatic carbocycles. The van der Waals surface area contributed by atoms with E-state index in [1.807, 2.05) is 0 Å². The fourth-order valence-corrected chi connectivity index (χ4v) is 18.8. The minimum atomic E-state index is -2.77. The van der Waals surface area contributed by atoms with Gasteiger partial charge in [-0.2, -0.15) is 0 Å². The Kier molecular flexibility index (Phi) is 25.4. The molecule has 0 aromatic heterocycles. The maximum Gasteiger partial charge on any atom is 0.261 e. The average molecular weight is 920 g/mol. The van der Waals surface area contributed by atoms with E-state index in [1.54, 1.807) is 0 Å². The molecular formula is C59H90O4Si2. The van der Waals surface area contributed by atoms with E-state index in [4.69, 9.17) is 18.3 Å². The molecule has 4 rings (SSSR count). The Morgan fingerprint density at radius 3 is 1.09 bits per heavy atom. The van der Waals surface area contributed by atoms with Gasteiger partial charge in [-0.1, -0.05) is 253 Å². The first-order valence-corrected chi connectivity index (χ1v) is 29.7. The van der Waals surface area contributed by atoms with Crippen molar-refractivity contribution in [2.24, 2.45) is 0 Å². The minimum Gasteiger partial charge on any atom is -0.407 e. The van der Waals surface area contributed by atoms with Crippen molar-refractivity contribution in [3.8, 4) is 0 Å². The highest BCUT2D eigenvalue weighted by atomic mass is 28.4. The van der Waals surface area contributed by atoms with E-state index in [2.05, 4.69) is 182 Å². The quantitative estimate of drug-likeness (QED) is 0.0266. The molecule has 0 saturated heterocycles. The predicted octanol–water partition coefficient (Wildman–Crippen LogP) is 14.1. The molecule has 0 aliphatic rings. The summed E-state index contributed by atoms with van der Waals surface area (Å²) in [4.78, 5) is 0. The SMILES string of the molecule is CCCCCCCCC=CCCCCCCCCOCC(COCCCCCCO[Si](c1ccccc1)(c1ccccc1)C(C)(C)C)O[Si](c1ccccc1)(c1ccccc1)C(C)(C)C. The van der Waals surface area contributed by atoms with Crippen LogP contribution in [0.15, 0.2) is 133 Å². The number of hydrogen-bond acceptors (Lipinski definition) is 4. The van der Waals surface area contributed by atoms with E-state index in [-0.39, 0.29) is 16.2 Å². The molecule has 4 aromatic carbocycles. The lowest BCUT2D eigenvalue weighted by atomic mass is 10.1. The standard InChI is InChI=1S/C59H90O4Si2/c1-8-9-10-11-12-13-14-15-16-17-18-19-20-21-22-37-48-60-51-53(63-65(59(5,6)7,56-44-33-27-34-45-56)57-46-35-28-36-47-57)52-61-49-38-23-24-39-50-62-64(58(2,3)4,54-40-29-25-30-41-54)55-42-31-26-32-43-55/h15-16,25-36,40-47,53H,8-14,17-24,37-39,48-52H2,1-7H3. The van der Waals surface area contributed by atoms with Crippen LogP contribution in [0.5, 0.6) is 0 Å². The Hall–Kier alpha value is -3.11. The van der Waals surface area contributed by atoms with Gasteiger partial charge in [-0.25, -0.2) is 0 Å². The largest absolute Gasteiger partial charge is 0.407 e. The van der Waals surface area contributed by atoms with Gasteiger partial charge >= 0.3 is 0 Å². The Balaban J connectivity index is 1.27. The van der Waals surface area contributed by atoms with Gasteiger partial charge in [0.2, 0.25) is 0 Å². The van der Waals surface area contributed by atoms with E-state index in [0.717, 1.165) is 45.3 Å². The molecule has 0 amide bonds. The van der Waals surface area contributed by atoms with Gasteiger partial charge in [-0.3, -0.25) is 0 Å². The van der Waals surface area contributed by atoms with Gasteiger partial charge in [-0.15, -0.1) is 0 Å². The summed E-state index contributed by atoms with van der Waals surface area (Å²) in [6, 6.07) is 43.9. The fourth-order valence-electron chi connectivity index (χ4n) is 9.59. The third-order valence-corrected chi connectivity index (χ3v) is 23.2. The van der Waals surface area contributed by atoms with Crippen LogP contribution < -0.4 is 20.7 Å². The molecule has 0 spiro atoms. The molecule has 0 saturated carbocycles. The van der Waals surface area contributed by atoms with Crippen molar-refractivity contribution >= 4 is 37.4 Å². The first-order chi connectivity index (χ1) is 31.6. The predicted molar refractivity (Wildman–Crippen MR) is 286 cm³/mol. The second kappa shape index (κ2) is 30.3. The second-order valence-electron chi connectivity index (χ2n) is 20.4. The van der Waals surface area contributed by atoms with Crippen LogP contribution in [0.25, 0.3) is 0 Å². The lowest BCUT2D eigenvalue weighted by Gasteiger charge is -2.45. The van der Waals surface area contributed by atoms with Gasteiger partial charge in [0.05, 0.1) is 19.3 Å². The molecule has 0 bridgehead atoms. The fraction of sp³-hybridized carbons (Fsp3) is 0.559. The molecule has 65 heavy (non-hydrogen) atoms. The number of rotatable bonds is 34. The van der Waals surface area contributed by atoms with Crippen LogP contribution in [0.4, 0.5) is 0 Å². The Labute approximate surface area is 400 Å². The van der Waals surface area contributed by atoms with Crippen LogP contribution in [-0.4, -0.2) is 55.8 Å². The molecule has 1 atom stereocenters. The highest BCUT2D eigenvalue weighted by Crippen LogP contribution is 2.38. The summed E-state index contributed by atoms with van der Waals surface area (Å²) in [6.07, 6.45) is 27.2. The maximum absolute atomic E-state index is 7.57. The zero-order valence-electron chi connectivity index (χ0n) is 42.2. The van der Waals surface area contributed by atoms with Gasteiger partial charge < -0.3 is 18.3 Å². The minimum absolute atomic E-state index is 0.00968. The van der Waals surface area contributed by atoms with Gasteiger partial charge in [0.15, 0.2) is 0 Å². The summed E-state index contributed by atoms with van der Waals surface area (Å²) in [6.45, 7) is 19.7. The molecule has 1 unspecified atom stereocenters. The average Bonchev–Trinajstić information content (AvgIpc) is 3.31. The molecule has 0 N–H and O–H groups in total. The van der Waals surface area contributed by atoms with E-state index in [0.29, 0.717) is 19.8 Å². The van der Waals surface area contributed by atoms with Gasteiger partial charge in [0.1, 0.15) is 0 Å². The van der Waals surface area contributed by atoms with Crippen LogP contribution in [0.1, 0.15) is 164 Å². The molecule has 0 fully saturated rings.